The van der Waals surface area contributed by atoms with Gasteiger partial charge in [-0.25, -0.2) is 9.78 Å². The first-order chi connectivity index (χ1) is 31.5. The summed E-state index contributed by atoms with van der Waals surface area (Å²) in [5, 5.41) is 38.6. The van der Waals surface area contributed by atoms with Crippen LogP contribution in [0.1, 0.15) is 97.1 Å². The number of aromatic nitrogens is 2. The lowest BCUT2D eigenvalue weighted by Gasteiger charge is -2.35. The summed E-state index contributed by atoms with van der Waals surface area (Å²) in [5.41, 5.74) is 3.90. The van der Waals surface area contributed by atoms with Gasteiger partial charge in [0.2, 0.25) is 5.60 Å². The average Bonchev–Trinajstić information content (AvgIpc) is 3.67. The van der Waals surface area contributed by atoms with Crippen LogP contribution in [0.15, 0.2) is 95.8 Å². The maximum atomic E-state index is 14.1. The molecule has 0 saturated carbocycles. The van der Waals surface area contributed by atoms with Crippen molar-refractivity contribution in [3.8, 4) is 34.4 Å². The van der Waals surface area contributed by atoms with Crippen LogP contribution in [0, 0.1) is 10.8 Å². The summed E-state index contributed by atoms with van der Waals surface area (Å²) in [5.74, 6) is -0.441. The number of fused-ring (bicyclic) bond motifs is 5. The van der Waals surface area contributed by atoms with Crippen LogP contribution in [0.3, 0.4) is 0 Å². The molecule has 1 atom stereocenters. The Bertz CT molecular complexity index is 3030. The van der Waals surface area contributed by atoms with E-state index in [0.717, 1.165) is 16.5 Å². The predicted octanol–water partition coefficient (Wildman–Crippen LogP) is 8.51. The van der Waals surface area contributed by atoms with Gasteiger partial charge in [-0.1, -0.05) is 27.7 Å². The van der Waals surface area contributed by atoms with Gasteiger partial charge in [0.15, 0.2) is 0 Å². The molecule has 2 aromatic heterocycles. The first-order valence-electron chi connectivity index (χ1n) is 21.8. The number of phenolic OH excluding ortho intramolecular Hbond substituents is 2. The van der Waals surface area contributed by atoms with E-state index >= 15 is 0 Å². The van der Waals surface area contributed by atoms with E-state index in [1.54, 1.807) is 116 Å². The van der Waals surface area contributed by atoms with Crippen LogP contribution in [-0.2, 0) is 44.2 Å². The molecule has 0 spiro atoms. The molecule has 338 valence electrons. The minimum Gasteiger partial charge on any atom is -0.508 e. The summed E-state index contributed by atoms with van der Waals surface area (Å²) in [6.45, 7) is 9.12. The predicted molar refractivity (Wildman–Crippen MR) is 249 cm³/mol. The molecular weight excluding hydrogens is 841 g/mol. The molecule has 0 radical (unpaired) electrons. The summed E-state index contributed by atoms with van der Waals surface area (Å²) in [6.07, 6.45) is 0.369. The zero-order valence-corrected chi connectivity index (χ0v) is 37.5. The molecule has 1 unspecified atom stereocenters. The topological polar surface area (TPSA) is 208 Å². The number of amidine groups is 2. The third-order valence-electron chi connectivity index (χ3n) is 12.3. The largest absolute Gasteiger partial charge is 0.508 e. The molecule has 2 aliphatic rings. The third kappa shape index (κ3) is 8.01. The summed E-state index contributed by atoms with van der Waals surface area (Å²) < 4.78 is 19.1. The molecule has 0 fully saturated rings. The van der Waals surface area contributed by atoms with Gasteiger partial charge in [-0.2, -0.15) is 0 Å². The van der Waals surface area contributed by atoms with Crippen molar-refractivity contribution in [1.82, 2.24) is 14.5 Å². The Morgan fingerprint density at radius 2 is 1.59 bits per heavy atom. The first-order valence-corrected chi connectivity index (χ1v) is 21.8. The number of phenols is 2. The van der Waals surface area contributed by atoms with Gasteiger partial charge in [0, 0.05) is 46.9 Å². The molecule has 15 nitrogen and oxygen atoms in total. The van der Waals surface area contributed by atoms with Crippen molar-refractivity contribution < 1.29 is 38.8 Å². The molecule has 4 heterocycles. The molecule has 6 aromatic rings. The Balaban J connectivity index is 0.924. The standard InChI is InChI=1S/C51H50N6O9/c1-7-36-38-24-33(58)14-19-42(38)54-46-39(36)26-56-43(46)25-41-40(49(56)62)27-64-50(63)51(41,8-2)66-45(60)21-22-55(6)48(61)30-9-15-34(16-10-30)65-35-17-12-32(13-18-35)57(29(5)52)47(53)31-11-20-44(59)37(23-31)28(3)4/h9-20,23-25,28,52-53,58-59H,7-8,21-22,26-27H2,1-6H3. The number of amides is 1. The number of benzene rings is 4. The molecule has 66 heavy (non-hydrogen) atoms. The Labute approximate surface area is 380 Å². The lowest BCUT2D eigenvalue weighted by molar-refractivity contribution is -0.189. The summed E-state index contributed by atoms with van der Waals surface area (Å²) in [4.78, 5) is 62.5. The zero-order valence-electron chi connectivity index (χ0n) is 37.5. The number of pyridine rings is 2. The molecule has 2 aliphatic heterocycles. The molecule has 4 aromatic carbocycles. The number of nitrogens with one attached hydrogen (secondary N) is 2. The number of ether oxygens (including phenoxy) is 3. The number of aryl methyl sites for hydroxylation is 1. The van der Waals surface area contributed by atoms with E-state index in [9.17, 15) is 29.4 Å². The number of rotatable bonds is 12. The highest BCUT2D eigenvalue weighted by atomic mass is 16.6. The monoisotopic (exact) mass is 890 g/mol. The van der Waals surface area contributed by atoms with E-state index in [1.165, 1.54) is 9.80 Å². The van der Waals surface area contributed by atoms with E-state index in [0.29, 0.717) is 57.2 Å². The van der Waals surface area contributed by atoms with E-state index in [1.807, 2.05) is 20.8 Å². The van der Waals surface area contributed by atoms with E-state index in [4.69, 9.17) is 30.0 Å². The van der Waals surface area contributed by atoms with Crippen LogP contribution in [0.25, 0.3) is 22.3 Å². The molecule has 8 rings (SSSR count). The SMILES string of the molecule is CCc1c2c(nc3ccc(O)cc13)-c1cc3c(c(=O)n1C2)COC(=O)C3(CC)OC(=O)CCN(C)C(=O)c1ccc(Oc2ccc(N(C(C)=N)C(=N)c3ccc(O)c(C(C)C)c3)cc2)cc1. The van der Waals surface area contributed by atoms with Crippen molar-refractivity contribution >= 4 is 46.1 Å². The highest BCUT2D eigenvalue weighted by Gasteiger charge is 2.50. The minimum absolute atomic E-state index is 0.00874. The molecule has 4 N–H and O–H groups in total. The van der Waals surface area contributed by atoms with Gasteiger partial charge in [-0.3, -0.25) is 30.1 Å². The first kappa shape index (κ1) is 44.8. The van der Waals surface area contributed by atoms with Crippen molar-refractivity contribution in [3.63, 3.8) is 0 Å². The second-order valence-electron chi connectivity index (χ2n) is 16.8. The second kappa shape index (κ2) is 17.6. The number of aromatic hydroxyl groups is 2. The van der Waals surface area contributed by atoms with Crippen LogP contribution in [0.5, 0.6) is 23.0 Å². The number of hydrogen-bond acceptors (Lipinski definition) is 12. The number of hydrogen-bond donors (Lipinski definition) is 4. The Morgan fingerprint density at radius 1 is 0.909 bits per heavy atom. The Morgan fingerprint density at radius 3 is 2.24 bits per heavy atom. The van der Waals surface area contributed by atoms with E-state index in [-0.39, 0.29) is 84.2 Å². The average molecular weight is 891 g/mol. The number of carbonyl (C=O) groups is 3. The zero-order chi connectivity index (χ0) is 47.2. The van der Waals surface area contributed by atoms with E-state index in [2.05, 4.69) is 0 Å². The molecule has 0 bridgehead atoms. The van der Waals surface area contributed by atoms with Crippen LogP contribution >= 0.6 is 0 Å². The van der Waals surface area contributed by atoms with Gasteiger partial charge in [0.05, 0.1) is 35.4 Å². The van der Waals surface area contributed by atoms with Crippen LogP contribution in [-0.4, -0.2) is 67.8 Å². The number of carbonyl (C=O) groups excluding carboxylic acids is 3. The fourth-order valence-corrected chi connectivity index (χ4v) is 8.79. The van der Waals surface area contributed by atoms with Crippen LogP contribution < -0.4 is 15.2 Å². The van der Waals surface area contributed by atoms with Gasteiger partial charge in [0.25, 0.3) is 11.5 Å². The van der Waals surface area contributed by atoms with Gasteiger partial charge in [-0.05, 0) is 128 Å². The highest BCUT2D eigenvalue weighted by molar-refractivity contribution is 6.22. The third-order valence-corrected chi connectivity index (χ3v) is 12.3. The smallest absolute Gasteiger partial charge is 0.355 e. The minimum atomic E-state index is -1.90. The van der Waals surface area contributed by atoms with Crippen molar-refractivity contribution in [2.45, 2.75) is 78.6 Å². The number of nitrogens with zero attached hydrogens (tertiary/aromatic N) is 4. The fourth-order valence-electron chi connectivity index (χ4n) is 8.79. The Kier molecular flexibility index (Phi) is 12.0. The Hall–Kier alpha value is -7.81. The summed E-state index contributed by atoms with van der Waals surface area (Å²) in [6, 6.07) is 25.0. The normalized spacial score (nSPS) is 14.8. The van der Waals surface area contributed by atoms with Crippen molar-refractivity contribution in [3.05, 3.63) is 140 Å². The van der Waals surface area contributed by atoms with Gasteiger partial charge >= 0.3 is 11.9 Å². The lowest BCUT2D eigenvalue weighted by atomic mass is 9.85. The lowest BCUT2D eigenvalue weighted by Crippen LogP contribution is -2.47. The van der Waals surface area contributed by atoms with Gasteiger partial charge in [0.1, 0.15) is 41.3 Å². The fraction of sp³-hybridized carbons (Fsp3) is 0.275. The second-order valence-corrected chi connectivity index (χ2v) is 16.8. The van der Waals surface area contributed by atoms with Crippen molar-refractivity contribution in [1.29, 1.82) is 10.8 Å². The quantitative estimate of drug-likeness (QED) is 0.0519. The molecule has 1 amide bonds. The maximum absolute atomic E-state index is 14.1. The number of anilines is 1. The molecular formula is C51H50N6O9. The molecule has 0 aliphatic carbocycles. The number of esters is 2. The van der Waals surface area contributed by atoms with E-state index < -0.39 is 17.5 Å². The van der Waals surface area contributed by atoms with Crippen molar-refractivity contribution in [2.24, 2.45) is 0 Å². The summed E-state index contributed by atoms with van der Waals surface area (Å²) in [7, 11) is 1.55. The maximum Gasteiger partial charge on any atom is 0.355 e. The van der Waals surface area contributed by atoms with Gasteiger partial charge < -0.3 is 33.9 Å². The molecule has 15 heteroatoms. The number of cyclic esters (lactones) is 1. The summed E-state index contributed by atoms with van der Waals surface area (Å²) >= 11 is 0. The van der Waals surface area contributed by atoms with Gasteiger partial charge in [-0.15, -0.1) is 0 Å². The highest BCUT2D eigenvalue weighted by Crippen LogP contribution is 2.43. The van der Waals surface area contributed by atoms with Crippen LogP contribution in [0.4, 0.5) is 5.69 Å². The molecule has 0 saturated heterocycles. The van der Waals surface area contributed by atoms with Crippen molar-refractivity contribution in [2.75, 3.05) is 18.5 Å². The van der Waals surface area contributed by atoms with Crippen LogP contribution in [0.2, 0.25) is 0 Å².